The third-order valence-electron chi connectivity index (χ3n) is 6.64. The molecule has 1 N–H and O–H groups in total. The number of amides is 2. The van der Waals surface area contributed by atoms with Crippen molar-refractivity contribution in [2.45, 2.75) is 64.6 Å². The monoisotopic (exact) mass is 549 g/mol. The standard InChI is InChI=1S/C27H36ClN3O5S/c1-5-23(27(33)29-22-8-6-7-9-22)30(17-20-11-13-21(28)14-12-20)26(32)18-31(37(4,34)35)24-16-19(2)10-15-25(24)36-3/h10-16,22-23H,5-9,17-18H2,1-4H3,(H,29,33). The maximum atomic E-state index is 13.8. The van der Waals surface area contributed by atoms with Gasteiger partial charge in [0, 0.05) is 17.6 Å². The van der Waals surface area contributed by atoms with Gasteiger partial charge in [-0.3, -0.25) is 13.9 Å². The van der Waals surface area contributed by atoms with Crippen LogP contribution in [0.3, 0.4) is 0 Å². The van der Waals surface area contributed by atoms with Crippen LogP contribution in [0.2, 0.25) is 5.02 Å². The Morgan fingerprint density at radius 3 is 2.35 bits per heavy atom. The summed E-state index contributed by atoms with van der Waals surface area (Å²) in [5.74, 6) is -0.382. The molecular formula is C27H36ClN3O5S. The second-order valence-corrected chi connectivity index (χ2v) is 11.9. The summed E-state index contributed by atoms with van der Waals surface area (Å²) >= 11 is 6.04. The van der Waals surface area contributed by atoms with Crippen molar-refractivity contribution in [1.29, 1.82) is 0 Å². The SMILES string of the molecule is CCC(C(=O)NC1CCCC1)N(Cc1ccc(Cl)cc1)C(=O)CN(c1cc(C)ccc1OC)S(C)(=O)=O. The van der Waals surface area contributed by atoms with Crippen LogP contribution < -0.4 is 14.4 Å². The number of nitrogens with zero attached hydrogens (tertiary/aromatic N) is 2. The van der Waals surface area contributed by atoms with E-state index in [1.165, 1.54) is 12.0 Å². The highest BCUT2D eigenvalue weighted by molar-refractivity contribution is 7.92. The lowest BCUT2D eigenvalue weighted by molar-refractivity contribution is -0.140. The second kappa shape index (κ2) is 12.6. The summed E-state index contributed by atoms with van der Waals surface area (Å²) in [6.07, 6.45) is 5.40. The summed E-state index contributed by atoms with van der Waals surface area (Å²) in [4.78, 5) is 28.7. The molecule has 0 heterocycles. The van der Waals surface area contributed by atoms with E-state index in [4.69, 9.17) is 16.3 Å². The number of aryl methyl sites for hydroxylation is 1. The molecule has 3 rings (SSSR count). The lowest BCUT2D eigenvalue weighted by Crippen LogP contribution is -2.53. The second-order valence-electron chi connectivity index (χ2n) is 9.51. The molecule has 10 heteroatoms. The fourth-order valence-corrected chi connectivity index (χ4v) is 5.63. The fraction of sp³-hybridized carbons (Fsp3) is 0.481. The van der Waals surface area contributed by atoms with Gasteiger partial charge >= 0.3 is 0 Å². The van der Waals surface area contributed by atoms with Gasteiger partial charge in [0.15, 0.2) is 0 Å². The molecule has 1 aliphatic carbocycles. The predicted octanol–water partition coefficient (Wildman–Crippen LogP) is 4.29. The Morgan fingerprint density at radius 1 is 1.14 bits per heavy atom. The van der Waals surface area contributed by atoms with Crippen LogP contribution in [0.15, 0.2) is 42.5 Å². The molecule has 1 aliphatic rings. The summed E-state index contributed by atoms with van der Waals surface area (Å²) in [6.45, 7) is 3.34. The van der Waals surface area contributed by atoms with Crippen LogP contribution >= 0.6 is 11.6 Å². The van der Waals surface area contributed by atoms with Crippen molar-refractivity contribution in [3.8, 4) is 5.75 Å². The molecule has 1 fully saturated rings. The van der Waals surface area contributed by atoms with Gasteiger partial charge in [-0.1, -0.05) is 49.6 Å². The highest BCUT2D eigenvalue weighted by Crippen LogP contribution is 2.31. The number of benzene rings is 2. The van der Waals surface area contributed by atoms with E-state index in [0.29, 0.717) is 17.2 Å². The summed E-state index contributed by atoms with van der Waals surface area (Å²) in [7, 11) is -2.41. The Bertz CT molecular complexity index is 1200. The third-order valence-corrected chi connectivity index (χ3v) is 8.01. The van der Waals surface area contributed by atoms with Gasteiger partial charge in [-0.05, 0) is 61.6 Å². The number of halogens is 1. The summed E-state index contributed by atoms with van der Waals surface area (Å²) < 4.78 is 32.2. The van der Waals surface area contributed by atoms with Crippen molar-refractivity contribution in [2.24, 2.45) is 0 Å². The summed E-state index contributed by atoms with van der Waals surface area (Å²) in [5.41, 5.74) is 1.87. The van der Waals surface area contributed by atoms with E-state index in [2.05, 4.69) is 5.32 Å². The Morgan fingerprint density at radius 2 is 1.78 bits per heavy atom. The molecule has 1 unspecified atom stereocenters. The number of hydrogen-bond acceptors (Lipinski definition) is 5. The van der Waals surface area contributed by atoms with Crippen molar-refractivity contribution in [2.75, 3.05) is 24.2 Å². The van der Waals surface area contributed by atoms with E-state index >= 15 is 0 Å². The van der Waals surface area contributed by atoms with Gasteiger partial charge in [0.2, 0.25) is 21.8 Å². The van der Waals surface area contributed by atoms with Crippen LogP contribution in [0.5, 0.6) is 5.75 Å². The molecule has 8 nitrogen and oxygen atoms in total. The molecule has 0 bridgehead atoms. The molecule has 2 amide bonds. The molecule has 1 atom stereocenters. The fourth-order valence-electron chi connectivity index (χ4n) is 4.66. The third kappa shape index (κ3) is 7.61. The van der Waals surface area contributed by atoms with Crippen LogP contribution in [-0.4, -0.2) is 57.1 Å². The highest BCUT2D eigenvalue weighted by atomic mass is 35.5. The minimum Gasteiger partial charge on any atom is -0.495 e. The van der Waals surface area contributed by atoms with E-state index in [1.54, 1.807) is 42.5 Å². The van der Waals surface area contributed by atoms with Gasteiger partial charge in [0.05, 0.1) is 19.1 Å². The maximum Gasteiger partial charge on any atom is 0.244 e. The van der Waals surface area contributed by atoms with Gasteiger partial charge in [-0.15, -0.1) is 0 Å². The van der Waals surface area contributed by atoms with E-state index in [-0.39, 0.29) is 24.2 Å². The largest absolute Gasteiger partial charge is 0.495 e. The van der Waals surface area contributed by atoms with Gasteiger partial charge in [-0.2, -0.15) is 0 Å². The first-order valence-corrected chi connectivity index (χ1v) is 14.7. The van der Waals surface area contributed by atoms with Gasteiger partial charge in [0.1, 0.15) is 18.3 Å². The number of rotatable bonds is 11. The van der Waals surface area contributed by atoms with E-state index in [1.807, 2.05) is 13.8 Å². The van der Waals surface area contributed by atoms with Crippen molar-refractivity contribution < 1.29 is 22.7 Å². The van der Waals surface area contributed by atoms with Crippen molar-refractivity contribution in [1.82, 2.24) is 10.2 Å². The average Bonchev–Trinajstić information content (AvgIpc) is 3.35. The van der Waals surface area contributed by atoms with E-state index in [9.17, 15) is 18.0 Å². The Hall–Kier alpha value is -2.78. The molecule has 0 spiro atoms. The van der Waals surface area contributed by atoms with Crippen LogP contribution in [0.25, 0.3) is 0 Å². The minimum absolute atomic E-state index is 0.0955. The molecule has 0 saturated heterocycles. The molecule has 0 aromatic heterocycles. The van der Waals surface area contributed by atoms with E-state index < -0.39 is 28.5 Å². The molecular weight excluding hydrogens is 514 g/mol. The number of sulfonamides is 1. The zero-order valence-corrected chi connectivity index (χ0v) is 23.4. The number of ether oxygens (including phenoxy) is 1. The maximum absolute atomic E-state index is 13.8. The normalized spacial score (nSPS) is 14.7. The van der Waals surface area contributed by atoms with Crippen LogP contribution in [0, 0.1) is 6.92 Å². The van der Waals surface area contributed by atoms with Gasteiger partial charge < -0.3 is 15.0 Å². The van der Waals surface area contributed by atoms with Crippen molar-refractivity contribution >= 4 is 39.1 Å². The Labute approximate surface area is 225 Å². The van der Waals surface area contributed by atoms with E-state index in [0.717, 1.165) is 47.4 Å². The molecule has 202 valence electrons. The first-order valence-electron chi connectivity index (χ1n) is 12.5. The number of nitrogens with one attached hydrogen (secondary N) is 1. The number of hydrogen-bond donors (Lipinski definition) is 1. The quantitative estimate of drug-likeness (QED) is 0.451. The Balaban J connectivity index is 1.96. The Kier molecular flexibility index (Phi) is 9.84. The predicted molar refractivity (Wildman–Crippen MR) is 146 cm³/mol. The molecule has 0 aliphatic heterocycles. The highest BCUT2D eigenvalue weighted by Gasteiger charge is 2.33. The zero-order chi connectivity index (χ0) is 27.2. The molecule has 37 heavy (non-hydrogen) atoms. The van der Waals surface area contributed by atoms with Gasteiger partial charge in [-0.25, -0.2) is 8.42 Å². The smallest absolute Gasteiger partial charge is 0.244 e. The minimum atomic E-state index is -3.86. The van der Waals surface area contributed by atoms with Crippen molar-refractivity contribution in [3.63, 3.8) is 0 Å². The van der Waals surface area contributed by atoms with Crippen LogP contribution in [-0.2, 0) is 26.2 Å². The number of anilines is 1. The van der Waals surface area contributed by atoms with Crippen LogP contribution in [0.4, 0.5) is 5.69 Å². The van der Waals surface area contributed by atoms with Crippen LogP contribution in [0.1, 0.15) is 50.2 Å². The molecule has 0 radical (unpaired) electrons. The lowest BCUT2D eigenvalue weighted by Gasteiger charge is -2.33. The van der Waals surface area contributed by atoms with Gasteiger partial charge in [0.25, 0.3) is 0 Å². The summed E-state index contributed by atoms with van der Waals surface area (Å²) in [5, 5.41) is 3.65. The van der Waals surface area contributed by atoms with Crippen molar-refractivity contribution in [3.05, 3.63) is 58.6 Å². The molecule has 2 aromatic carbocycles. The zero-order valence-electron chi connectivity index (χ0n) is 21.9. The number of methoxy groups -OCH3 is 1. The summed E-state index contributed by atoms with van der Waals surface area (Å²) in [6, 6.07) is 11.5. The number of carbonyl (C=O) groups is 2. The first kappa shape index (κ1) is 28.8. The lowest BCUT2D eigenvalue weighted by atomic mass is 10.1. The molecule has 1 saturated carbocycles. The topological polar surface area (TPSA) is 96.0 Å². The first-order chi connectivity index (χ1) is 17.5. The average molecular weight is 550 g/mol. The molecule has 2 aromatic rings. The number of carbonyl (C=O) groups excluding carboxylic acids is 2.